The Kier molecular flexibility index (Phi) is 5.08. The zero-order chi connectivity index (χ0) is 18.0. The van der Waals surface area contributed by atoms with Gasteiger partial charge in [-0.25, -0.2) is 9.67 Å². The number of hydrogen-bond acceptors (Lipinski definition) is 6. The summed E-state index contributed by atoms with van der Waals surface area (Å²) in [5, 5.41) is 8.01. The molecule has 1 aliphatic rings. The molecule has 1 atom stereocenters. The summed E-state index contributed by atoms with van der Waals surface area (Å²) in [6.45, 7) is 4.32. The van der Waals surface area contributed by atoms with Gasteiger partial charge in [-0.3, -0.25) is 4.79 Å². The van der Waals surface area contributed by atoms with Crippen LogP contribution in [0.1, 0.15) is 24.1 Å². The van der Waals surface area contributed by atoms with E-state index in [2.05, 4.69) is 20.3 Å². The van der Waals surface area contributed by atoms with Gasteiger partial charge in [0.2, 0.25) is 5.88 Å². The predicted octanol–water partition coefficient (Wildman–Crippen LogP) is 0.589. The summed E-state index contributed by atoms with van der Waals surface area (Å²) < 4.78 is 8.79. The van der Waals surface area contributed by atoms with Crippen LogP contribution < -0.4 is 20.5 Å². The number of methoxy groups -OCH3 is 1. The van der Waals surface area contributed by atoms with Gasteiger partial charge >= 0.3 is 0 Å². The second-order valence-corrected chi connectivity index (χ2v) is 6.53. The summed E-state index contributed by atoms with van der Waals surface area (Å²) >= 11 is 0. The molecule has 0 bridgehead atoms. The SMILES string of the molecule is COc1c(CN[C@H]2CCCN(c3nccn(C)c3=O)C2)c(C)nn1C. The number of nitrogens with one attached hydrogen (secondary N) is 1. The predicted molar refractivity (Wildman–Crippen MR) is 96.0 cm³/mol. The van der Waals surface area contributed by atoms with Crippen LogP contribution in [-0.2, 0) is 20.6 Å². The van der Waals surface area contributed by atoms with Gasteiger partial charge in [-0.15, -0.1) is 0 Å². The largest absolute Gasteiger partial charge is 0.481 e. The van der Waals surface area contributed by atoms with Crippen molar-refractivity contribution in [2.24, 2.45) is 14.1 Å². The first-order valence-corrected chi connectivity index (χ1v) is 8.57. The van der Waals surface area contributed by atoms with E-state index >= 15 is 0 Å². The van der Waals surface area contributed by atoms with Crippen LogP contribution in [0.4, 0.5) is 5.82 Å². The standard InChI is InChI=1S/C17H26N6O2/c1-12-14(17(25-4)22(3)20-12)10-19-13-6-5-8-23(11-13)15-16(24)21(2)9-7-18-15/h7,9,13,19H,5-6,8,10-11H2,1-4H3/t13-/m0/s1. The van der Waals surface area contributed by atoms with Crippen molar-refractivity contribution in [1.29, 1.82) is 0 Å². The minimum absolute atomic E-state index is 0.0482. The van der Waals surface area contributed by atoms with E-state index in [4.69, 9.17) is 4.74 Å². The minimum Gasteiger partial charge on any atom is -0.481 e. The Bertz CT molecular complexity index is 797. The Morgan fingerprint density at radius 1 is 1.40 bits per heavy atom. The third-order valence-electron chi connectivity index (χ3n) is 4.77. The van der Waals surface area contributed by atoms with E-state index in [-0.39, 0.29) is 5.56 Å². The molecular formula is C17H26N6O2. The topological polar surface area (TPSA) is 77.2 Å². The number of hydrogen-bond donors (Lipinski definition) is 1. The molecule has 1 saturated heterocycles. The van der Waals surface area contributed by atoms with Crippen LogP contribution in [-0.4, -0.2) is 45.6 Å². The minimum atomic E-state index is -0.0482. The van der Waals surface area contributed by atoms with Gasteiger partial charge in [-0.1, -0.05) is 0 Å². The lowest BCUT2D eigenvalue weighted by Gasteiger charge is -2.33. The molecule has 0 radical (unpaired) electrons. The highest BCUT2D eigenvalue weighted by molar-refractivity contribution is 5.37. The Balaban J connectivity index is 1.68. The fourth-order valence-electron chi connectivity index (χ4n) is 3.42. The van der Waals surface area contributed by atoms with Crippen LogP contribution in [0.5, 0.6) is 5.88 Å². The van der Waals surface area contributed by atoms with Gasteiger partial charge in [0, 0.05) is 52.2 Å². The molecule has 25 heavy (non-hydrogen) atoms. The molecule has 8 nitrogen and oxygen atoms in total. The zero-order valence-electron chi connectivity index (χ0n) is 15.3. The van der Waals surface area contributed by atoms with Gasteiger partial charge in [0.15, 0.2) is 5.82 Å². The molecule has 0 saturated carbocycles. The molecule has 1 fully saturated rings. The number of anilines is 1. The van der Waals surface area contributed by atoms with Gasteiger partial charge in [0.05, 0.1) is 18.4 Å². The van der Waals surface area contributed by atoms with Crippen molar-refractivity contribution >= 4 is 5.82 Å². The lowest BCUT2D eigenvalue weighted by atomic mass is 10.1. The molecule has 0 amide bonds. The summed E-state index contributed by atoms with van der Waals surface area (Å²) in [6.07, 6.45) is 5.46. The number of rotatable bonds is 5. The van der Waals surface area contributed by atoms with Crippen LogP contribution in [0.25, 0.3) is 0 Å². The van der Waals surface area contributed by atoms with Gasteiger partial charge in [0.1, 0.15) is 0 Å². The summed E-state index contributed by atoms with van der Waals surface area (Å²) in [5.74, 6) is 1.32. The van der Waals surface area contributed by atoms with Crippen LogP contribution in [0.15, 0.2) is 17.2 Å². The molecule has 2 aromatic heterocycles. The molecule has 8 heteroatoms. The van der Waals surface area contributed by atoms with E-state index in [0.717, 1.165) is 43.1 Å². The summed E-state index contributed by atoms with van der Waals surface area (Å²) in [6, 6.07) is 0.296. The molecular weight excluding hydrogens is 320 g/mol. The highest BCUT2D eigenvalue weighted by Gasteiger charge is 2.24. The fourth-order valence-corrected chi connectivity index (χ4v) is 3.42. The average Bonchev–Trinajstić information content (AvgIpc) is 2.88. The molecule has 0 spiro atoms. The van der Waals surface area contributed by atoms with Crippen molar-refractivity contribution in [3.8, 4) is 5.88 Å². The molecule has 1 N–H and O–H groups in total. The molecule has 0 unspecified atom stereocenters. The number of nitrogens with zero attached hydrogens (tertiary/aromatic N) is 5. The lowest BCUT2D eigenvalue weighted by Crippen LogP contribution is -2.47. The zero-order valence-corrected chi connectivity index (χ0v) is 15.3. The maximum Gasteiger partial charge on any atom is 0.293 e. The third-order valence-corrected chi connectivity index (χ3v) is 4.77. The summed E-state index contributed by atoms with van der Waals surface area (Å²) in [5.41, 5.74) is 2.00. The number of aromatic nitrogens is 4. The van der Waals surface area contributed by atoms with Crippen molar-refractivity contribution in [2.75, 3.05) is 25.1 Å². The van der Waals surface area contributed by atoms with E-state index in [1.165, 1.54) is 0 Å². The Morgan fingerprint density at radius 3 is 2.96 bits per heavy atom. The van der Waals surface area contributed by atoms with Crippen molar-refractivity contribution in [3.63, 3.8) is 0 Å². The first-order chi connectivity index (χ1) is 12.0. The highest BCUT2D eigenvalue weighted by Crippen LogP contribution is 2.21. The molecule has 3 rings (SSSR count). The monoisotopic (exact) mass is 346 g/mol. The maximum absolute atomic E-state index is 12.3. The van der Waals surface area contributed by atoms with Crippen LogP contribution >= 0.6 is 0 Å². The molecule has 3 heterocycles. The second kappa shape index (κ2) is 7.26. The number of ether oxygens (including phenoxy) is 1. The highest BCUT2D eigenvalue weighted by atomic mass is 16.5. The quantitative estimate of drug-likeness (QED) is 0.854. The van der Waals surface area contributed by atoms with E-state index in [1.54, 1.807) is 35.8 Å². The summed E-state index contributed by atoms with van der Waals surface area (Å²) in [4.78, 5) is 18.7. The van der Waals surface area contributed by atoms with Crippen molar-refractivity contribution in [1.82, 2.24) is 24.6 Å². The molecule has 1 aliphatic heterocycles. The van der Waals surface area contributed by atoms with E-state index in [1.807, 2.05) is 14.0 Å². The van der Waals surface area contributed by atoms with Crippen molar-refractivity contribution in [2.45, 2.75) is 32.4 Å². The number of piperidine rings is 1. The number of aryl methyl sites for hydroxylation is 3. The maximum atomic E-state index is 12.3. The average molecular weight is 346 g/mol. The smallest absolute Gasteiger partial charge is 0.293 e. The van der Waals surface area contributed by atoms with Crippen LogP contribution in [0.3, 0.4) is 0 Å². The second-order valence-electron chi connectivity index (χ2n) is 6.53. The van der Waals surface area contributed by atoms with Crippen molar-refractivity contribution < 1.29 is 4.74 Å². The van der Waals surface area contributed by atoms with Gasteiger partial charge in [-0.05, 0) is 19.8 Å². The Labute approximate surface area is 147 Å². The first-order valence-electron chi connectivity index (χ1n) is 8.57. The molecule has 2 aromatic rings. The Morgan fingerprint density at radius 2 is 2.20 bits per heavy atom. The van der Waals surface area contributed by atoms with E-state index in [9.17, 15) is 4.79 Å². The van der Waals surface area contributed by atoms with Gasteiger partial charge in [-0.2, -0.15) is 5.10 Å². The molecule has 0 aromatic carbocycles. The van der Waals surface area contributed by atoms with E-state index in [0.29, 0.717) is 18.4 Å². The van der Waals surface area contributed by atoms with Gasteiger partial charge in [0.25, 0.3) is 5.56 Å². The van der Waals surface area contributed by atoms with E-state index < -0.39 is 0 Å². The normalized spacial score (nSPS) is 17.8. The molecule has 0 aliphatic carbocycles. The summed E-state index contributed by atoms with van der Waals surface area (Å²) in [7, 11) is 5.30. The van der Waals surface area contributed by atoms with Crippen LogP contribution in [0, 0.1) is 6.92 Å². The first kappa shape index (κ1) is 17.5. The third kappa shape index (κ3) is 3.53. The molecule has 136 valence electrons. The van der Waals surface area contributed by atoms with Crippen LogP contribution in [0.2, 0.25) is 0 Å². The van der Waals surface area contributed by atoms with Crippen molar-refractivity contribution in [3.05, 3.63) is 34.0 Å². The fraction of sp³-hybridized carbons (Fsp3) is 0.588. The lowest BCUT2D eigenvalue weighted by molar-refractivity contribution is 0.363. The Hall–Kier alpha value is -2.35. The van der Waals surface area contributed by atoms with Gasteiger partial charge < -0.3 is 19.5 Å².